The normalized spacial score (nSPS) is 21.1. The van der Waals surface area contributed by atoms with Gasteiger partial charge in [0.05, 0.1) is 19.1 Å². The van der Waals surface area contributed by atoms with Crippen LogP contribution in [0.4, 0.5) is 0 Å². The largest absolute Gasteiger partial charge is 0.468 e. The summed E-state index contributed by atoms with van der Waals surface area (Å²) in [5.74, 6) is 0.169. The van der Waals surface area contributed by atoms with E-state index in [0.29, 0.717) is 25.1 Å². The summed E-state index contributed by atoms with van der Waals surface area (Å²) in [4.78, 5) is 20.5. The summed E-state index contributed by atoms with van der Waals surface area (Å²) < 4.78 is 9.13. The van der Waals surface area contributed by atoms with Crippen LogP contribution in [0.15, 0.2) is 0 Å². The molecular weight excluding hydrogens is 220 g/mol. The quantitative estimate of drug-likeness (QED) is 0.563. The van der Waals surface area contributed by atoms with Crippen LogP contribution in [0.25, 0.3) is 0 Å². The predicted octanol–water partition coefficient (Wildman–Crippen LogP) is 2.56. The average molecular weight is 244 g/mol. The molecule has 100 valence electrons. The predicted molar refractivity (Wildman–Crippen MR) is 65.4 cm³/mol. The molecule has 1 rings (SSSR count). The molecule has 0 amide bonds. The van der Waals surface area contributed by atoms with Crippen molar-refractivity contribution in [1.29, 1.82) is 0 Å². The minimum absolute atomic E-state index is 0.00285. The topological polar surface area (TPSA) is 52.6 Å². The van der Waals surface area contributed by atoms with Gasteiger partial charge in [-0.05, 0) is 38.5 Å². The van der Waals surface area contributed by atoms with Crippen molar-refractivity contribution >= 4 is 12.4 Å². The van der Waals surface area contributed by atoms with Gasteiger partial charge < -0.3 is 9.47 Å². The van der Waals surface area contributed by atoms with Gasteiger partial charge >= 0.3 is 5.97 Å². The van der Waals surface area contributed by atoms with Gasteiger partial charge in [-0.15, -0.1) is 0 Å². The Balaban J connectivity index is 0.000000437. The molecule has 0 aromatic carbocycles. The molecule has 1 aliphatic carbocycles. The summed E-state index contributed by atoms with van der Waals surface area (Å²) in [6.07, 6.45) is 3.15. The van der Waals surface area contributed by atoms with Crippen molar-refractivity contribution < 1.29 is 19.1 Å². The number of carbonyl (C=O) groups is 2. The van der Waals surface area contributed by atoms with Crippen LogP contribution in [0, 0.1) is 11.3 Å². The van der Waals surface area contributed by atoms with Crippen molar-refractivity contribution in [3.05, 3.63) is 0 Å². The first-order valence-electron chi connectivity index (χ1n) is 6.18. The van der Waals surface area contributed by atoms with E-state index < -0.39 is 0 Å². The highest BCUT2D eigenvalue weighted by atomic mass is 16.5. The summed E-state index contributed by atoms with van der Waals surface area (Å²) in [6.45, 7) is 9.46. The van der Waals surface area contributed by atoms with Crippen molar-refractivity contribution in [2.75, 3.05) is 13.2 Å². The Morgan fingerprint density at radius 3 is 2.29 bits per heavy atom. The molecule has 0 radical (unpaired) electrons. The third-order valence-corrected chi connectivity index (χ3v) is 2.82. The molecule has 0 aromatic rings. The molecule has 1 atom stereocenters. The van der Waals surface area contributed by atoms with Gasteiger partial charge in [-0.3, -0.25) is 9.59 Å². The Labute approximate surface area is 104 Å². The number of ether oxygens (including phenoxy) is 2. The first-order valence-corrected chi connectivity index (χ1v) is 6.18. The fourth-order valence-electron chi connectivity index (χ4n) is 1.97. The van der Waals surface area contributed by atoms with Gasteiger partial charge in [0.25, 0.3) is 6.47 Å². The van der Waals surface area contributed by atoms with Gasteiger partial charge in [0.15, 0.2) is 0 Å². The molecule has 0 spiro atoms. The van der Waals surface area contributed by atoms with E-state index in [-0.39, 0.29) is 11.9 Å². The van der Waals surface area contributed by atoms with Crippen LogP contribution in [0.2, 0.25) is 0 Å². The first kappa shape index (κ1) is 15.9. The summed E-state index contributed by atoms with van der Waals surface area (Å²) in [7, 11) is 0. The van der Waals surface area contributed by atoms with Crippen molar-refractivity contribution in [1.82, 2.24) is 0 Å². The van der Waals surface area contributed by atoms with E-state index in [0.717, 1.165) is 19.3 Å². The number of carbonyl (C=O) groups excluding carboxylic acids is 2. The maximum absolute atomic E-state index is 11.3. The van der Waals surface area contributed by atoms with E-state index in [1.165, 1.54) is 0 Å². The van der Waals surface area contributed by atoms with Crippen LogP contribution in [-0.4, -0.2) is 25.7 Å². The molecule has 0 aliphatic heterocycles. The molecule has 0 aromatic heterocycles. The van der Waals surface area contributed by atoms with Gasteiger partial charge in [0, 0.05) is 0 Å². The Morgan fingerprint density at radius 2 is 2.00 bits per heavy atom. The molecule has 4 heteroatoms. The van der Waals surface area contributed by atoms with E-state index in [9.17, 15) is 9.59 Å². The number of hydrogen-bond acceptors (Lipinski definition) is 4. The van der Waals surface area contributed by atoms with E-state index in [2.05, 4.69) is 18.6 Å². The van der Waals surface area contributed by atoms with Crippen LogP contribution in [0.5, 0.6) is 0 Å². The van der Waals surface area contributed by atoms with Crippen LogP contribution >= 0.6 is 0 Å². The summed E-state index contributed by atoms with van der Waals surface area (Å²) in [5, 5.41) is 0. The minimum atomic E-state index is 0.00285. The zero-order valence-corrected chi connectivity index (χ0v) is 11.3. The molecule has 1 aliphatic rings. The molecule has 4 nitrogen and oxygen atoms in total. The third kappa shape index (κ3) is 6.97. The van der Waals surface area contributed by atoms with Crippen molar-refractivity contribution in [2.45, 2.75) is 47.0 Å². The van der Waals surface area contributed by atoms with Gasteiger partial charge in [0.2, 0.25) is 0 Å². The van der Waals surface area contributed by atoms with Crippen molar-refractivity contribution in [3.63, 3.8) is 0 Å². The smallest absolute Gasteiger partial charge is 0.308 e. The molecule has 1 fully saturated rings. The lowest BCUT2D eigenvalue weighted by Crippen LogP contribution is -2.16. The molecule has 0 N–H and O–H groups in total. The van der Waals surface area contributed by atoms with E-state index in [1.807, 2.05) is 6.92 Å². The third-order valence-electron chi connectivity index (χ3n) is 2.82. The minimum Gasteiger partial charge on any atom is -0.468 e. The molecule has 1 saturated carbocycles. The summed E-state index contributed by atoms with van der Waals surface area (Å²) >= 11 is 0. The Hall–Kier alpha value is -1.06. The standard InChI is InChI=1S/C10H18O2.C3H6O2/c1-4-12-9(11)8-5-6-10(2,3)7-8;1-2-5-3-4/h8H,4-7H2,1-3H3;3H,2H2,1H3. The molecule has 0 bridgehead atoms. The van der Waals surface area contributed by atoms with Gasteiger partial charge in [-0.2, -0.15) is 0 Å². The zero-order valence-electron chi connectivity index (χ0n) is 11.3. The van der Waals surface area contributed by atoms with Gasteiger partial charge in [-0.25, -0.2) is 0 Å². The lowest BCUT2D eigenvalue weighted by Gasteiger charge is -2.16. The molecule has 0 heterocycles. The fourth-order valence-corrected chi connectivity index (χ4v) is 1.97. The van der Waals surface area contributed by atoms with Gasteiger partial charge in [-0.1, -0.05) is 13.8 Å². The second-order valence-corrected chi connectivity index (χ2v) is 4.91. The second kappa shape index (κ2) is 8.09. The Bertz CT molecular complexity index is 236. The van der Waals surface area contributed by atoms with Crippen molar-refractivity contribution in [3.8, 4) is 0 Å². The summed E-state index contributed by atoms with van der Waals surface area (Å²) in [6, 6.07) is 0. The number of rotatable bonds is 4. The van der Waals surface area contributed by atoms with Crippen LogP contribution in [-0.2, 0) is 19.1 Å². The molecule has 17 heavy (non-hydrogen) atoms. The highest BCUT2D eigenvalue weighted by Crippen LogP contribution is 2.41. The van der Waals surface area contributed by atoms with E-state index >= 15 is 0 Å². The molecule has 0 saturated heterocycles. The monoisotopic (exact) mass is 244 g/mol. The Kier molecular flexibility index (Phi) is 7.59. The van der Waals surface area contributed by atoms with E-state index in [4.69, 9.17) is 4.74 Å². The summed E-state index contributed by atoms with van der Waals surface area (Å²) in [5.41, 5.74) is 0.345. The average Bonchev–Trinajstić information content (AvgIpc) is 2.61. The lowest BCUT2D eigenvalue weighted by molar-refractivity contribution is -0.148. The van der Waals surface area contributed by atoms with Crippen LogP contribution < -0.4 is 0 Å². The van der Waals surface area contributed by atoms with Gasteiger partial charge in [0.1, 0.15) is 0 Å². The fraction of sp³-hybridized carbons (Fsp3) is 0.846. The highest BCUT2D eigenvalue weighted by molar-refractivity contribution is 5.72. The lowest BCUT2D eigenvalue weighted by atomic mass is 9.91. The highest BCUT2D eigenvalue weighted by Gasteiger charge is 2.35. The molecular formula is C13H24O4. The number of esters is 1. The maximum Gasteiger partial charge on any atom is 0.308 e. The van der Waals surface area contributed by atoms with Crippen LogP contribution in [0.1, 0.15) is 47.0 Å². The number of hydrogen-bond donors (Lipinski definition) is 0. The Morgan fingerprint density at radius 1 is 1.35 bits per heavy atom. The zero-order chi connectivity index (χ0) is 13.3. The van der Waals surface area contributed by atoms with Crippen LogP contribution in [0.3, 0.4) is 0 Å². The second-order valence-electron chi connectivity index (χ2n) is 4.91. The molecule has 1 unspecified atom stereocenters. The maximum atomic E-state index is 11.3. The first-order chi connectivity index (χ1) is 7.96. The van der Waals surface area contributed by atoms with E-state index in [1.54, 1.807) is 6.92 Å². The SMILES string of the molecule is CCOC(=O)C1CCC(C)(C)C1.CCOC=O. The van der Waals surface area contributed by atoms with Crippen molar-refractivity contribution in [2.24, 2.45) is 11.3 Å².